The van der Waals surface area contributed by atoms with Crippen molar-refractivity contribution in [3.8, 4) is 0 Å². The van der Waals surface area contributed by atoms with E-state index in [-0.39, 0.29) is 13.2 Å². The average molecular weight is 428 g/mol. The molecule has 0 fully saturated rings. The highest BCUT2D eigenvalue weighted by Crippen LogP contribution is 2.05. The minimum absolute atomic E-state index is 0.0959. The van der Waals surface area contributed by atoms with Crippen LogP contribution in [0.4, 0.5) is 9.59 Å². The van der Waals surface area contributed by atoms with E-state index in [1.807, 2.05) is 66.1 Å². The number of benzene rings is 2. The summed E-state index contributed by atoms with van der Waals surface area (Å²) in [5.74, 6) is 4.68. The van der Waals surface area contributed by atoms with Gasteiger partial charge in [0.15, 0.2) is 0 Å². The normalized spacial score (nSPS) is 11.1. The van der Waals surface area contributed by atoms with Crippen LogP contribution in [0.1, 0.15) is 30.4 Å². The number of ether oxygens (including phenoxy) is 2. The lowest BCUT2D eigenvalue weighted by Crippen LogP contribution is -2.49. The standard InChI is InChI=1S/C22H28N4O5/c23-26-20(27)19(25-22(29)31-16-18-11-5-2-6-12-18)13-7-8-14-24-21(28)30-15-17-9-3-1-4-10-17/h1-6,9-12,19H,7-8,13-16,23H2,(H,24,28)(H,25,29)(H,26,27). The van der Waals surface area contributed by atoms with Gasteiger partial charge in [-0.1, -0.05) is 60.7 Å². The van der Waals surface area contributed by atoms with E-state index in [4.69, 9.17) is 15.3 Å². The molecule has 3 amide bonds. The maximum absolute atomic E-state index is 12.0. The first-order chi connectivity index (χ1) is 15.1. The maximum atomic E-state index is 12.0. The van der Waals surface area contributed by atoms with Crippen LogP contribution in [0.3, 0.4) is 0 Å². The third kappa shape index (κ3) is 9.64. The number of amides is 3. The number of nitrogens with two attached hydrogens (primary N) is 1. The Morgan fingerprint density at radius 3 is 1.90 bits per heavy atom. The molecule has 166 valence electrons. The van der Waals surface area contributed by atoms with Crippen molar-refractivity contribution in [1.82, 2.24) is 16.1 Å². The summed E-state index contributed by atoms with van der Waals surface area (Å²) in [5.41, 5.74) is 3.77. The van der Waals surface area contributed by atoms with Crippen molar-refractivity contribution in [2.75, 3.05) is 6.54 Å². The van der Waals surface area contributed by atoms with Crippen molar-refractivity contribution in [2.24, 2.45) is 5.84 Å². The van der Waals surface area contributed by atoms with Crippen LogP contribution in [0, 0.1) is 0 Å². The molecule has 2 aromatic carbocycles. The molecule has 0 aliphatic rings. The Balaban J connectivity index is 1.63. The summed E-state index contributed by atoms with van der Waals surface area (Å²) in [4.78, 5) is 35.6. The van der Waals surface area contributed by atoms with Gasteiger partial charge in [-0.25, -0.2) is 15.4 Å². The fourth-order valence-electron chi connectivity index (χ4n) is 2.71. The first-order valence-electron chi connectivity index (χ1n) is 10.0. The van der Waals surface area contributed by atoms with Gasteiger partial charge in [0.05, 0.1) is 0 Å². The van der Waals surface area contributed by atoms with Crippen LogP contribution in [0.25, 0.3) is 0 Å². The number of nitrogens with one attached hydrogen (secondary N) is 3. The molecule has 9 nitrogen and oxygen atoms in total. The molecule has 31 heavy (non-hydrogen) atoms. The number of carbonyl (C=O) groups excluding carboxylic acids is 3. The molecule has 5 N–H and O–H groups in total. The second kappa shape index (κ2) is 13.6. The molecule has 0 aromatic heterocycles. The van der Waals surface area contributed by atoms with E-state index in [0.717, 1.165) is 11.1 Å². The van der Waals surface area contributed by atoms with Crippen LogP contribution >= 0.6 is 0 Å². The van der Waals surface area contributed by atoms with Crippen LogP contribution in [0.15, 0.2) is 60.7 Å². The summed E-state index contributed by atoms with van der Waals surface area (Å²) in [5, 5.41) is 5.16. The average Bonchev–Trinajstić information content (AvgIpc) is 2.81. The highest BCUT2D eigenvalue weighted by molar-refractivity contribution is 5.85. The van der Waals surface area contributed by atoms with E-state index in [0.29, 0.717) is 25.8 Å². The predicted octanol–water partition coefficient (Wildman–Crippen LogP) is 2.37. The summed E-state index contributed by atoms with van der Waals surface area (Å²) >= 11 is 0. The zero-order valence-electron chi connectivity index (χ0n) is 17.2. The van der Waals surface area contributed by atoms with Gasteiger partial charge >= 0.3 is 12.2 Å². The van der Waals surface area contributed by atoms with E-state index >= 15 is 0 Å². The van der Waals surface area contributed by atoms with Gasteiger partial charge in [0.2, 0.25) is 0 Å². The second-order valence-corrected chi connectivity index (χ2v) is 6.75. The lowest BCUT2D eigenvalue weighted by molar-refractivity contribution is -0.123. The van der Waals surface area contributed by atoms with E-state index in [1.54, 1.807) is 0 Å². The van der Waals surface area contributed by atoms with Gasteiger partial charge < -0.3 is 20.1 Å². The van der Waals surface area contributed by atoms with Crippen molar-refractivity contribution < 1.29 is 23.9 Å². The van der Waals surface area contributed by atoms with Crippen LogP contribution in [0.2, 0.25) is 0 Å². The highest BCUT2D eigenvalue weighted by atomic mass is 16.6. The Kier molecular flexibility index (Phi) is 10.4. The van der Waals surface area contributed by atoms with Gasteiger partial charge in [0, 0.05) is 6.54 Å². The van der Waals surface area contributed by atoms with Crippen LogP contribution in [0.5, 0.6) is 0 Å². The fraction of sp³-hybridized carbons (Fsp3) is 0.318. The van der Waals surface area contributed by atoms with Gasteiger partial charge in [0.25, 0.3) is 5.91 Å². The van der Waals surface area contributed by atoms with Crippen LogP contribution in [-0.4, -0.2) is 30.7 Å². The third-order valence-corrected chi connectivity index (χ3v) is 4.37. The lowest BCUT2D eigenvalue weighted by Gasteiger charge is -2.17. The number of carbonyl (C=O) groups is 3. The topological polar surface area (TPSA) is 132 Å². The van der Waals surface area contributed by atoms with E-state index in [2.05, 4.69) is 10.6 Å². The first kappa shape index (κ1) is 23.7. The fourth-order valence-corrected chi connectivity index (χ4v) is 2.71. The summed E-state index contributed by atoms with van der Waals surface area (Å²) < 4.78 is 10.3. The molecule has 9 heteroatoms. The zero-order chi connectivity index (χ0) is 22.3. The Morgan fingerprint density at radius 2 is 1.35 bits per heavy atom. The molecule has 0 radical (unpaired) electrons. The highest BCUT2D eigenvalue weighted by Gasteiger charge is 2.20. The summed E-state index contributed by atoms with van der Waals surface area (Å²) in [6.45, 7) is 0.669. The van der Waals surface area contributed by atoms with Gasteiger partial charge in [-0.3, -0.25) is 10.2 Å². The van der Waals surface area contributed by atoms with Gasteiger partial charge in [-0.15, -0.1) is 0 Å². The van der Waals surface area contributed by atoms with Gasteiger partial charge in [-0.2, -0.15) is 0 Å². The van der Waals surface area contributed by atoms with Crippen molar-refractivity contribution in [3.63, 3.8) is 0 Å². The predicted molar refractivity (Wildman–Crippen MR) is 114 cm³/mol. The number of hydrazine groups is 1. The number of hydrogen-bond acceptors (Lipinski definition) is 6. The molecule has 2 aromatic rings. The Bertz CT molecular complexity index is 817. The number of hydrogen-bond donors (Lipinski definition) is 4. The molecule has 0 spiro atoms. The quantitative estimate of drug-likeness (QED) is 0.188. The smallest absolute Gasteiger partial charge is 0.408 e. The molecule has 0 heterocycles. The monoisotopic (exact) mass is 428 g/mol. The number of rotatable bonds is 11. The van der Waals surface area contributed by atoms with E-state index in [9.17, 15) is 14.4 Å². The molecule has 1 unspecified atom stereocenters. The Labute approximate surface area is 181 Å². The molecule has 0 saturated carbocycles. The van der Waals surface area contributed by atoms with Crippen LogP contribution < -0.4 is 21.9 Å². The Hall–Kier alpha value is -3.59. The SMILES string of the molecule is NNC(=O)C(CCCCNC(=O)OCc1ccccc1)NC(=O)OCc1ccccc1. The van der Waals surface area contributed by atoms with Gasteiger partial charge in [0.1, 0.15) is 19.3 Å². The molecule has 0 aliphatic carbocycles. The lowest BCUT2D eigenvalue weighted by atomic mass is 10.1. The third-order valence-electron chi connectivity index (χ3n) is 4.37. The zero-order valence-corrected chi connectivity index (χ0v) is 17.2. The number of unbranched alkanes of at least 4 members (excludes halogenated alkanes) is 1. The van der Waals surface area contributed by atoms with E-state index < -0.39 is 24.1 Å². The molecule has 0 bridgehead atoms. The van der Waals surface area contributed by atoms with Crippen molar-refractivity contribution >= 4 is 18.1 Å². The molecular weight excluding hydrogens is 400 g/mol. The van der Waals surface area contributed by atoms with E-state index in [1.165, 1.54) is 0 Å². The first-order valence-corrected chi connectivity index (χ1v) is 10.0. The molecule has 0 saturated heterocycles. The molecular formula is C22H28N4O5. The van der Waals surface area contributed by atoms with Crippen molar-refractivity contribution in [2.45, 2.75) is 38.5 Å². The van der Waals surface area contributed by atoms with Crippen molar-refractivity contribution in [1.29, 1.82) is 0 Å². The van der Waals surface area contributed by atoms with Gasteiger partial charge in [-0.05, 0) is 30.4 Å². The minimum Gasteiger partial charge on any atom is -0.445 e. The van der Waals surface area contributed by atoms with Crippen LogP contribution in [-0.2, 0) is 27.5 Å². The molecule has 1 atom stereocenters. The summed E-state index contributed by atoms with van der Waals surface area (Å²) in [6.07, 6.45) is 0.276. The summed E-state index contributed by atoms with van der Waals surface area (Å²) in [7, 11) is 0. The largest absolute Gasteiger partial charge is 0.445 e. The molecule has 0 aliphatic heterocycles. The Morgan fingerprint density at radius 1 is 0.806 bits per heavy atom. The summed E-state index contributed by atoms with van der Waals surface area (Å²) in [6, 6.07) is 17.7. The van der Waals surface area contributed by atoms with Crippen molar-refractivity contribution in [3.05, 3.63) is 71.8 Å². The minimum atomic E-state index is -0.835. The maximum Gasteiger partial charge on any atom is 0.408 e. The second-order valence-electron chi connectivity index (χ2n) is 6.75. The number of alkyl carbamates (subject to hydrolysis) is 2. The molecule has 2 rings (SSSR count).